The highest BCUT2D eigenvalue weighted by atomic mass is 31.1. The maximum absolute atomic E-state index is 12.2. The smallest absolute Gasteiger partial charge is 0.196 e. The molecule has 0 saturated heterocycles. The Labute approximate surface area is 130 Å². The van der Waals surface area contributed by atoms with E-state index in [2.05, 4.69) is 13.2 Å². The van der Waals surface area contributed by atoms with E-state index in [9.17, 15) is 4.57 Å². The van der Waals surface area contributed by atoms with Crippen LogP contribution in [-0.2, 0) is 31.7 Å². The molecule has 8 heteroatoms. The molecule has 0 amide bonds. The van der Waals surface area contributed by atoms with E-state index in [1.165, 1.54) is 0 Å². The summed E-state index contributed by atoms with van der Waals surface area (Å²) in [5.41, 5.74) is 0. The summed E-state index contributed by atoms with van der Waals surface area (Å²) >= 11 is 0. The molecule has 0 aromatic carbocycles. The molecule has 0 aliphatic rings. The predicted molar refractivity (Wildman–Crippen MR) is 80.5 cm³/mol. The number of allylic oxidation sites excluding steroid dienone is 2. The zero-order chi connectivity index (χ0) is 16.1. The number of nitrogens with zero attached hydrogens (tertiary/aromatic N) is 4. The lowest BCUT2D eigenvalue weighted by Crippen LogP contribution is -2.29. The molecule has 0 bridgehead atoms. The molecule has 22 heavy (non-hydrogen) atoms. The van der Waals surface area contributed by atoms with Gasteiger partial charge in [-0.25, -0.2) is 0 Å². The molecule has 0 saturated carbocycles. The molecule has 2 rings (SSSR count). The summed E-state index contributed by atoms with van der Waals surface area (Å²) in [6, 6.07) is 0.871. The first kappa shape index (κ1) is 16.0. The summed E-state index contributed by atoms with van der Waals surface area (Å²) in [6.07, 6.45) is 10.7. The van der Waals surface area contributed by atoms with Crippen LogP contribution >= 0.6 is 8.25 Å². The summed E-state index contributed by atoms with van der Waals surface area (Å²) in [4.78, 5) is 0. The summed E-state index contributed by atoms with van der Waals surface area (Å²) in [6.45, 7) is 8.48. The lowest BCUT2D eigenvalue weighted by atomic mass is 10.6. The summed E-state index contributed by atoms with van der Waals surface area (Å²) in [7, 11) is 1.24. The molecule has 7 nitrogen and oxygen atoms in total. The standard InChI is InChI=1S/C14H20N4O3P/c1-5-7-17-11-9-15(3)13(17)20-22(19)21-14-16(4)10-12-18(14)8-6-2/h5-6,9-12H,1-2,7-8H2,3-4H3/q+3. The highest BCUT2D eigenvalue weighted by Crippen LogP contribution is 2.27. The number of imidazole rings is 2. The third-order valence-electron chi connectivity index (χ3n) is 3.00. The molecule has 0 aliphatic carbocycles. The van der Waals surface area contributed by atoms with Crippen molar-refractivity contribution in [2.45, 2.75) is 13.1 Å². The van der Waals surface area contributed by atoms with Crippen molar-refractivity contribution >= 4 is 8.25 Å². The van der Waals surface area contributed by atoms with Gasteiger partial charge in [0.2, 0.25) is 0 Å². The number of rotatable bonds is 8. The van der Waals surface area contributed by atoms with Crippen molar-refractivity contribution in [3.05, 3.63) is 50.1 Å². The lowest BCUT2D eigenvalue weighted by molar-refractivity contribution is -0.675. The van der Waals surface area contributed by atoms with Gasteiger partial charge in [-0.05, 0) is 0 Å². The predicted octanol–water partition coefficient (Wildman–Crippen LogP) is 1.43. The fourth-order valence-corrected chi connectivity index (χ4v) is 2.73. The number of hydrogen-bond acceptors (Lipinski definition) is 3. The Kier molecular flexibility index (Phi) is 5.12. The van der Waals surface area contributed by atoms with E-state index in [1.807, 2.05) is 24.8 Å². The summed E-state index contributed by atoms with van der Waals surface area (Å²) in [5.74, 6) is 0. The van der Waals surface area contributed by atoms with E-state index >= 15 is 0 Å². The van der Waals surface area contributed by atoms with E-state index in [4.69, 9.17) is 9.05 Å². The molecule has 2 aromatic heterocycles. The Bertz CT molecular complexity index is 647. The van der Waals surface area contributed by atoms with Gasteiger partial charge in [0, 0.05) is 4.57 Å². The summed E-state index contributed by atoms with van der Waals surface area (Å²) < 4.78 is 30.1. The molecule has 0 fully saturated rings. The molecule has 0 atom stereocenters. The zero-order valence-electron chi connectivity index (χ0n) is 12.8. The van der Waals surface area contributed by atoms with Crippen LogP contribution in [0, 0.1) is 0 Å². The van der Waals surface area contributed by atoms with E-state index in [1.54, 1.807) is 44.5 Å². The number of hydrogen-bond donors (Lipinski definition) is 0. The van der Waals surface area contributed by atoms with Gasteiger partial charge in [-0.1, -0.05) is 25.3 Å². The Morgan fingerprint density at radius 3 is 1.82 bits per heavy atom. The average molecular weight is 323 g/mol. The Hall–Kier alpha value is -2.40. The van der Waals surface area contributed by atoms with Crippen molar-refractivity contribution in [2.75, 3.05) is 0 Å². The van der Waals surface area contributed by atoms with Crippen LogP contribution in [-0.4, -0.2) is 9.13 Å². The van der Waals surface area contributed by atoms with Crippen molar-refractivity contribution in [2.24, 2.45) is 14.1 Å². The van der Waals surface area contributed by atoms with Gasteiger partial charge in [0.05, 0.1) is 14.1 Å². The Morgan fingerprint density at radius 1 is 1.05 bits per heavy atom. The van der Waals surface area contributed by atoms with Gasteiger partial charge in [0.15, 0.2) is 0 Å². The van der Waals surface area contributed by atoms with Crippen LogP contribution < -0.4 is 18.2 Å². The van der Waals surface area contributed by atoms with E-state index < -0.39 is 8.25 Å². The maximum atomic E-state index is 12.2. The van der Waals surface area contributed by atoms with Crippen molar-refractivity contribution in [3.8, 4) is 12.0 Å². The first-order chi connectivity index (χ1) is 10.6. The topological polar surface area (TPSA) is 53.2 Å². The molecule has 116 valence electrons. The van der Waals surface area contributed by atoms with Crippen molar-refractivity contribution in [1.29, 1.82) is 0 Å². The van der Waals surface area contributed by atoms with Crippen LogP contribution in [0.3, 0.4) is 0 Å². The Morgan fingerprint density at radius 2 is 1.45 bits per heavy atom. The SMILES string of the molecule is C=CCn1cc[n+](C)c1O[P+](=O)Oc1n(CC=C)cc[n+]1C. The lowest BCUT2D eigenvalue weighted by Gasteiger charge is -1.94. The molecule has 0 spiro atoms. The normalized spacial score (nSPS) is 10.3. The van der Waals surface area contributed by atoms with Gasteiger partial charge < -0.3 is 0 Å². The third-order valence-corrected chi connectivity index (χ3v) is 3.62. The second-order valence-corrected chi connectivity index (χ2v) is 5.48. The highest BCUT2D eigenvalue weighted by molar-refractivity contribution is 7.34. The fraction of sp³-hybridized carbons (Fsp3) is 0.286. The van der Waals surface area contributed by atoms with Crippen LogP contribution in [0.1, 0.15) is 0 Å². The molecule has 0 aliphatic heterocycles. The second kappa shape index (κ2) is 7.04. The first-order valence-electron chi connectivity index (χ1n) is 6.71. The zero-order valence-corrected chi connectivity index (χ0v) is 13.6. The van der Waals surface area contributed by atoms with Gasteiger partial charge >= 0.3 is 20.3 Å². The summed E-state index contributed by atoms with van der Waals surface area (Å²) in [5, 5.41) is 0. The van der Waals surface area contributed by atoms with E-state index in [0.717, 1.165) is 0 Å². The fourth-order valence-electron chi connectivity index (χ4n) is 1.96. The second-order valence-electron chi connectivity index (χ2n) is 4.67. The molecular weight excluding hydrogens is 303 g/mol. The van der Waals surface area contributed by atoms with Crippen LogP contribution in [0.2, 0.25) is 0 Å². The van der Waals surface area contributed by atoms with Gasteiger partial charge in [-0.15, -0.1) is 9.05 Å². The highest BCUT2D eigenvalue weighted by Gasteiger charge is 2.37. The van der Waals surface area contributed by atoms with Crippen LogP contribution in [0.4, 0.5) is 0 Å². The Balaban J connectivity index is 2.14. The monoisotopic (exact) mass is 323 g/mol. The number of aryl methyl sites for hydroxylation is 2. The quantitative estimate of drug-likeness (QED) is 0.419. The van der Waals surface area contributed by atoms with Crippen molar-refractivity contribution < 1.29 is 22.7 Å². The largest absolute Gasteiger partial charge is 0.819 e. The molecule has 0 unspecified atom stereocenters. The number of aromatic nitrogens is 4. The van der Waals surface area contributed by atoms with Crippen LogP contribution in [0.25, 0.3) is 0 Å². The minimum Gasteiger partial charge on any atom is -0.196 e. The molecule has 2 heterocycles. The van der Waals surface area contributed by atoms with Gasteiger partial charge in [-0.3, -0.25) is 0 Å². The van der Waals surface area contributed by atoms with Gasteiger partial charge in [-0.2, -0.15) is 18.3 Å². The van der Waals surface area contributed by atoms with Crippen LogP contribution in [0.15, 0.2) is 50.1 Å². The van der Waals surface area contributed by atoms with Crippen molar-refractivity contribution in [3.63, 3.8) is 0 Å². The average Bonchev–Trinajstić information content (AvgIpc) is 2.99. The van der Waals surface area contributed by atoms with Gasteiger partial charge in [0.25, 0.3) is 0 Å². The minimum absolute atomic E-state index is 0.436. The third kappa shape index (κ3) is 3.43. The van der Waals surface area contributed by atoms with E-state index in [0.29, 0.717) is 25.1 Å². The maximum Gasteiger partial charge on any atom is 0.819 e. The van der Waals surface area contributed by atoms with Crippen LogP contribution in [0.5, 0.6) is 12.0 Å². The van der Waals surface area contributed by atoms with Gasteiger partial charge in [0.1, 0.15) is 37.9 Å². The first-order valence-corrected chi connectivity index (χ1v) is 7.81. The van der Waals surface area contributed by atoms with E-state index in [-0.39, 0.29) is 0 Å². The molecular formula is C14H20N4O3P+3. The van der Waals surface area contributed by atoms with Crippen molar-refractivity contribution in [1.82, 2.24) is 9.13 Å². The molecule has 2 aromatic rings. The molecule has 0 N–H and O–H groups in total. The minimum atomic E-state index is -2.37. The molecule has 0 radical (unpaired) electrons.